The molecule has 1 unspecified atom stereocenters. The lowest BCUT2D eigenvalue weighted by atomic mass is 9.97. The average molecular weight is 400 g/mol. The van der Waals surface area contributed by atoms with Crippen LogP contribution in [0.1, 0.15) is 41.0 Å². The van der Waals surface area contributed by atoms with Crippen molar-refractivity contribution in [2.45, 2.75) is 25.8 Å². The number of rotatable bonds is 7. The van der Waals surface area contributed by atoms with E-state index in [-0.39, 0.29) is 24.4 Å². The number of thiophene rings is 1. The van der Waals surface area contributed by atoms with Gasteiger partial charge >= 0.3 is 0 Å². The zero-order valence-corrected chi connectivity index (χ0v) is 17.5. The van der Waals surface area contributed by atoms with Crippen molar-refractivity contribution in [2.75, 3.05) is 33.2 Å². The van der Waals surface area contributed by atoms with Crippen molar-refractivity contribution in [3.63, 3.8) is 0 Å². The van der Waals surface area contributed by atoms with Crippen molar-refractivity contribution in [2.24, 2.45) is 5.92 Å². The van der Waals surface area contributed by atoms with Gasteiger partial charge < -0.3 is 10.2 Å². The molecule has 1 fully saturated rings. The van der Waals surface area contributed by atoms with Crippen LogP contribution in [0.4, 0.5) is 0 Å². The van der Waals surface area contributed by atoms with E-state index in [4.69, 9.17) is 0 Å². The summed E-state index contributed by atoms with van der Waals surface area (Å²) in [6, 6.07) is 13.5. The maximum absolute atomic E-state index is 12.5. The van der Waals surface area contributed by atoms with E-state index in [1.807, 2.05) is 18.2 Å². The lowest BCUT2D eigenvalue weighted by molar-refractivity contribution is -0.121. The molecule has 2 heterocycles. The van der Waals surface area contributed by atoms with Gasteiger partial charge in [-0.2, -0.15) is 0 Å². The molecule has 0 aliphatic carbocycles. The molecule has 0 radical (unpaired) electrons. The second kappa shape index (κ2) is 9.85. The average Bonchev–Trinajstić information content (AvgIpc) is 3.24. The molecule has 2 amide bonds. The van der Waals surface area contributed by atoms with Crippen LogP contribution in [0.25, 0.3) is 0 Å². The first kappa shape index (κ1) is 20.6. The van der Waals surface area contributed by atoms with Crippen molar-refractivity contribution in [1.29, 1.82) is 0 Å². The van der Waals surface area contributed by atoms with Crippen LogP contribution in [-0.4, -0.2) is 54.8 Å². The van der Waals surface area contributed by atoms with Gasteiger partial charge in [-0.25, -0.2) is 0 Å². The number of piperidine rings is 1. The van der Waals surface area contributed by atoms with Gasteiger partial charge in [0.05, 0.1) is 12.6 Å². The molecule has 1 aromatic heterocycles. The largest absolute Gasteiger partial charge is 0.353 e. The van der Waals surface area contributed by atoms with Gasteiger partial charge in [-0.05, 0) is 55.4 Å². The number of carbonyl (C=O) groups excluding carboxylic acids is 2. The first-order valence-corrected chi connectivity index (χ1v) is 10.8. The number of hydrogen-bond acceptors (Lipinski definition) is 4. The van der Waals surface area contributed by atoms with Crippen molar-refractivity contribution in [3.8, 4) is 0 Å². The van der Waals surface area contributed by atoms with Gasteiger partial charge in [0.1, 0.15) is 0 Å². The normalized spacial score (nSPS) is 16.5. The highest BCUT2D eigenvalue weighted by Crippen LogP contribution is 2.29. The van der Waals surface area contributed by atoms with Crippen LogP contribution < -0.4 is 5.32 Å². The van der Waals surface area contributed by atoms with Gasteiger partial charge in [-0.3, -0.25) is 14.5 Å². The molecule has 2 aromatic rings. The van der Waals surface area contributed by atoms with Crippen LogP contribution in [0.2, 0.25) is 0 Å². The molecular weight excluding hydrogens is 370 g/mol. The Labute approximate surface area is 171 Å². The summed E-state index contributed by atoms with van der Waals surface area (Å²) in [5, 5.41) is 5.14. The molecule has 1 aliphatic rings. The first-order valence-electron chi connectivity index (χ1n) is 9.89. The third-order valence-corrected chi connectivity index (χ3v) is 6.34. The van der Waals surface area contributed by atoms with Gasteiger partial charge in [-0.15, -0.1) is 11.3 Å². The minimum atomic E-state index is -0.143. The fourth-order valence-electron chi connectivity index (χ4n) is 3.59. The van der Waals surface area contributed by atoms with Crippen LogP contribution in [-0.2, 0) is 4.79 Å². The number of carbonyl (C=O) groups is 2. The Balaban J connectivity index is 1.55. The van der Waals surface area contributed by atoms with Crippen molar-refractivity contribution >= 4 is 23.2 Å². The number of benzene rings is 1. The van der Waals surface area contributed by atoms with E-state index in [1.165, 1.54) is 22.6 Å². The molecular formula is C22H29N3O2S. The molecule has 3 rings (SSSR count). The summed E-state index contributed by atoms with van der Waals surface area (Å²) >= 11 is 1.74. The molecule has 150 valence electrons. The van der Waals surface area contributed by atoms with Crippen LogP contribution in [0.3, 0.4) is 0 Å². The predicted octanol–water partition coefficient (Wildman–Crippen LogP) is 3.41. The number of likely N-dealkylation sites (tertiary alicyclic amines) is 1. The van der Waals surface area contributed by atoms with Crippen molar-refractivity contribution < 1.29 is 9.59 Å². The van der Waals surface area contributed by atoms with E-state index < -0.39 is 0 Å². The van der Waals surface area contributed by atoms with Crippen molar-refractivity contribution in [3.05, 3.63) is 58.3 Å². The smallest absolute Gasteiger partial charge is 0.254 e. The predicted molar refractivity (Wildman–Crippen MR) is 113 cm³/mol. The Bertz CT molecular complexity index is 755. The molecule has 6 heteroatoms. The molecule has 0 spiro atoms. The quantitative estimate of drug-likeness (QED) is 0.776. The van der Waals surface area contributed by atoms with E-state index in [0.717, 1.165) is 19.0 Å². The maximum Gasteiger partial charge on any atom is 0.254 e. The zero-order valence-electron chi connectivity index (χ0n) is 16.6. The summed E-state index contributed by atoms with van der Waals surface area (Å²) in [4.78, 5) is 30.1. The van der Waals surface area contributed by atoms with E-state index in [0.29, 0.717) is 12.1 Å². The fourth-order valence-corrected chi connectivity index (χ4v) is 4.45. The van der Waals surface area contributed by atoms with E-state index >= 15 is 0 Å². The fraction of sp³-hybridized carbons (Fsp3) is 0.455. The first-order chi connectivity index (χ1) is 13.5. The Morgan fingerprint density at radius 1 is 1.18 bits per heavy atom. The minimum Gasteiger partial charge on any atom is -0.353 e. The molecule has 28 heavy (non-hydrogen) atoms. The maximum atomic E-state index is 12.5. The van der Waals surface area contributed by atoms with Gasteiger partial charge in [0.25, 0.3) is 5.91 Å². The van der Waals surface area contributed by atoms with Crippen LogP contribution in [0.15, 0.2) is 47.8 Å². The van der Waals surface area contributed by atoms with E-state index in [2.05, 4.69) is 34.7 Å². The van der Waals surface area contributed by atoms with Crippen LogP contribution >= 0.6 is 11.3 Å². The number of hydrogen-bond donors (Lipinski definition) is 1. The molecule has 0 saturated carbocycles. The number of amides is 2. The molecule has 1 N–H and O–H groups in total. The number of nitrogens with zero attached hydrogens (tertiary/aromatic N) is 2. The summed E-state index contributed by atoms with van der Waals surface area (Å²) in [6.07, 6.45) is 2.40. The highest BCUT2D eigenvalue weighted by atomic mass is 32.1. The monoisotopic (exact) mass is 399 g/mol. The third-order valence-electron chi connectivity index (χ3n) is 5.37. The molecule has 1 saturated heterocycles. The highest BCUT2D eigenvalue weighted by molar-refractivity contribution is 7.10. The topological polar surface area (TPSA) is 52.7 Å². The Kier molecular flexibility index (Phi) is 7.23. The lowest BCUT2D eigenvalue weighted by Gasteiger charge is -2.36. The number of likely N-dealkylation sites (N-methyl/N-ethyl adjacent to an activating group) is 1. The number of nitrogens with one attached hydrogen (secondary N) is 1. The SMILES string of the molecule is CC1CCN(C(CNC(=O)CN(C)C(=O)c2ccccc2)c2cccs2)CC1. The summed E-state index contributed by atoms with van der Waals surface area (Å²) in [7, 11) is 1.66. The van der Waals surface area contributed by atoms with Gasteiger partial charge in [0.15, 0.2) is 0 Å². The molecule has 5 nitrogen and oxygen atoms in total. The minimum absolute atomic E-state index is 0.0575. The standard InChI is InChI=1S/C22H29N3O2S/c1-17-10-12-25(13-11-17)19(20-9-6-14-28-20)15-23-21(26)16-24(2)22(27)18-7-4-3-5-8-18/h3-9,14,17,19H,10-13,15-16H2,1-2H3,(H,23,26). The Morgan fingerprint density at radius 2 is 1.89 bits per heavy atom. The van der Waals surface area contributed by atoms with Crippen LogP contribution in [0, 0.1) is 5.92 Å². The Hall–Kier alpha value is -2.18. The van der Waals surface area contributed by atoms with E-state index in [9.17, 15) is 9.59 Å². The molecule has 0 bridgehead atoms. The summed E-state index contributed by atoms with van der Waals surface area (Å²) in [6.45, 7) is 5.06. The Morgan fingerprint density at radius 3 is 2.54 bits per heavy atom. The third kappa shape index (κ3) is 5.42. The zero-order chi connectivity index (χ0) is 19.9. The second-order valence-electron chi connectivity index (χ2n) is 7.58. The lowest BCUT2D eigenvalue weighted by Crippen LogP contribution is -2.44. The molecule has 1 aliphatic heterocycles. The highest BCUT2D eigenvalue weighted by Gasteiger charge is 2.26. The van der Waals surface area contributed by atoms with Gasteiger partial charge in [0.2, 0.25) is 5.91 Å². The van der Waals surface area contributed by atoms with E-state index in [1.54, 1.807) is 30.5 Å². The molecule has 1 aromatic carbocycles. The summed E-state index contributed by atoms with van der Waals surface area (Å²) < 4.78 is 0. The molecule has 1 atom stereocenters. The van der Waals surface area contributed by atoms with Gasteiger partial charge in [-0.1, -0.05) is 31.2 Å². The second-order valence-corrected chi connectivity index (χ2v) is 8.56. The van der Waals surface area contributed by atoms with Gasteiger partial charge in [0, 0.05) is 24.0 Å². The summed E-state index contributed by atoms with van der Waals surface area (Å²) in [5.74, 6) is 0.502. The van der Waals surface area contributed by atoms with Crippen molar-refractivity contribution in [1.82, 2.24) is 15.1 Å². The van der Waals surface area contributed by atoms with Crippen LogP contribution in [0.5, 0.6) is 0 Å². The summed E-state index contributed by atoms with van der Waals surface area (Å²) in [5.41, 5.74) is 0.594.